The van der Waals surface area contributed by atoms with E-state index in [4.69, 9.17) is 39.2 Å². The number of thioether (sulfide) groups is 1. The Hall–Kier alpha value is -0.480. The molecule has 0 aliphatic rings. The topological polar surface area (TPSA) is 25.2 Å². The van der Waals surface area contributed by atoms with Crippen molar-refractivity contribution in [3.8, 4) is 0 Å². The molecule has 0 bridgehead atoms. The van der Waals surface area contributed by atoms with Gasteiger partial charge in [0, 0.05) is 0 Å². The second-order valence-corrected chi connectivity index (χ2v) is 5.99. The SMILES string of the molecule is CSCc1ccc(CNc2cc(Cl)c(Cl)cc2Cl)o1. The molecule has 0 radical (unpaired) electrons. The zero-order chi connectivity index (χ0) is 13.8. The molecule has 102 valence electrons. The van der Waals surface area contributed by atoms with Crippen molar-refractivity contribution < 1.29 is 4.42 Å². The summed E-state index contributed by atoms with van der Waals surface area (Å²) in [7, 11) is 0. The molecule has 1 aromatic carbocycles. The zero-order valence-electron chi connectivity index (χ0n) is 10.2. The minimum absolute atomic E-state index is 0.442. The molecule has 0 saturated heterocycles. The molecule has 0 aliphatic carbocycles. The summed E-state index contributed by atoms with van der Waals surface area (Å²) in [4.78, 5) is 0. The summed E-state index contributed by atoms with van der Waals surface area (Å²) in [5.74, 6) is 2.68. The van der Waals surface area contributed by atoms with E-state index in [-0.39, 0.29) is 0 Å². The molecule has 1 heterocycles. The van der Waals surface area contributed by atoms with Crippen molar-refractivity contribution in [2.75, 3.05) is 11.6 Å². The van der Waals surface area contributed by atoms with E-state index in [1.807, 2.05) is 18.4 Å². The number of anilines is 1. The quantitative estimate of drug-likeness (QED) is 0.707. The van der Waals surface area contributed by atoms with Gasteiger partial charge < -0.3 is 9.73 Å². The lowest BCUT2D eigenvalue weighted by Gasteiger charge is -2.08. The fourth-order valence-corrected chi connectivity index (χ4v) is 2.63. The van der Waals surface area contributed by atoms with Crippen LogP contribution in [0.5, 0.6) is 0 Å². The van der Waals surface area contributed by atoms with Crippen LogP contribution in [0.15, 0.2) is 28.7 Å². The summed E-state index contributed by atoms with van der Waals surface area (Å²) < 4.78 is 5.65. The van der Waals surface area contributed by atoms with Crippen LogP contribution in [-0.2, 0) is 12.3 Å². The second-order valence-electron chi connectivity index (χ2n) is 3.90. The van der Waals surface area contributed by atoms with Gasteiger partial charge in [0.1, 0.15) is 11.5 Å². The van der Waals surface area contributed by atoms with E-state index in [1.165, 1.54) is 0 Å². The molecule has 2 aromatic rings. The molecule has 6 heteroatoms. The molecular formula is C13H12Cl3NOS. The van der Waals surface area contributed by atoms with Gasteiger partial charge >= 0.3 is 0 Å². The number of hydrogen-bond acceptors (Lipinski definition) is 3. The fraction of sp³-hybridized carbons (Fsp3) is 0.231. The number of rotatable bonds is 5. The predicted molar refractivity (Wildman–Crippen MR) is 84.7 cm³/mol. The Morgan fingerprint density at radius 3 is 2.47 bits per heavy atom. The smallest absolute Gasteiger partial charge is 0.123 e. The van der Waals surface area contributed by atoms with Gasteiger partial charge in [-0.15, -0.1) is 0 Å². The Bertz CT molecular complexity index is 571. The van der Waals surface area contributed by atoms with Crippen LogP contribution in [0.3, 0.4) is 0 Å². The Morgan fingerprint density at radius 1 is 1.05 bits per heavy atom. The average molecular weight is 337 g/mol. The van der Waals surface area contributed by atoms with Gasteiger partial charge in [0.05, 0.1) is 33.1 Å². The molecule has 0 amide bonds. The zero-order valence-corrected chi connectivity index (χ0v) is 13.3. The highest BCUT2D eigenvalue weighted by molar-refractivity contribution is 7.97. The maximum Gasteiger partial charge on any atom is 0.123 e. The predicted octanol–water partition coefficient (Wildman–Crippen LogP) is 5.71. The van der Waals surface area contributed by atoms with Crippen molar-refractivity contribution in [1.82, 2.24) is 0 Å². The first-order valence-electron chi connectivity index (χ1n) is 5.55. The number of halogens is 3. The number of hydrogen-bond donors (Lipinski definition) is 1. The van der Waals surface area contributed by atoms with Crippen LogP contribution in [0.4, 0.5) is 5.69 Å². The van der Waals surface area contributed by atoms with Gasteiger partial charge in [0.25, 0.3) is 0 Å². The Kier molecular flexibility index (Phi) is 5.34. The molecule has 0 fully saturated rings. The fourth-order valence-electron chi connectivity index (χ4n) is 1.58. The van der Waals surface area contributed by atoms with Crippen LogP contribution < -0.4 is 5.32 Å². The van der Waals surface area contributed by atoms with Crippen LogP contribution >= 0.6 is 46.6 Å². The summed E-state index contributed by atoms with van der Waals surface area (Å²) in [6.45, 7) is 0.548. The lowest BCUT2D eigenvalue weighted by Crippen LogP contribution is -1.98. The molecule has 2 nitrogen and oxygen atoms in total. The van der Waals surface area contributed by atoms with E-state index in [2.05, 4.69) is 5.32 Å². The Balaban J connectivity index is 2.03. The highest BCUT2D eigenvalue weighted by Crippen LogP contribution is 2.32. The molecule has 0 unspecified atom stereocenters. The molecule has 0 spiro atoms. The minimum atomic E-state index is 0.442. The maximum absolute atomic E-state index is 6.08. The van der Waals surface area contributed by atoms with Gasteiger partial charge in [-0.3, -0.25) is 0 Å². The van der Waals surface area contributed by atoms with Crippen LogP contribution in [0, 0.1) is 0 Å². The highest BCUT2D eigenvalue weighted by atomic mass is 35.5. The molecule has 0 saturated carbocycles. The second kappa shape index (κ2) is 6.80. The van der Waals surface area contributed by atoms with E-state index in [1.54, 1.807) is 23.9 Å². The third-order valence-electron chi connectivity index (χ3n) is 2.47. The van der Waals surface area contributed by atoms with Crippen molar-refractivity contribution in [2.45, 2.75) is 12.3 Å². The van der Waals surface area contributed by atoms with Crippen molar-refractivity contribution in [3.63, 3.8) is 0 Å². The molecule has 19 heavy (non-hydrogen) atoms. The lowest BCUT2D eigenvalue weighted by atomic mass is 10.3. The Labute approximate surface area is 131 Å². The molecular weight excluding hydrogens is 325 g/mol. The average Bonchev–Trinajstić information content (AvgIpc) is 2.80. The van der Waals surface area contributed by atoms with E-state index >= 15 is 0 Å². The molecule has 2 rings (SSSR count). The molecule has 1 aromatic heterocycles. The van der Waals surface area contributed by atoms with Crippen molar-refractivity contribution in [1.29, 1.82) is 0 Å². The van der Waals surface area contributed by atoms with Crippen molar-refractivity contribution >= 4 is 52.3 Å². The first kappa shape index (κ1) is 14.9. The van der Waals surface area contributed by atoms with E-state index in [9.17, 15) is 0 Å². The van der Waals surface area contributed by atoms with Gasteiger partial charge in [-0.1, -0.05) is 34.8 Å². The lowest BCUT2D eigenvalue weighted by molar-refractivity contribution is 0.487. The van der Waals surface area contributed by atoms with Gasteiger partial charge in [-0.2, -0.15) is 11.8 Å². The summed E-state index contributed by atoms with van der Waals surface area (Å²) in [6.07, 6.45) is 2.04. The van der Waals surface area contributed by atoms with E-state index in [0.717, 1.165) is 23.0 Å². The number of nitrogens with one attached hydrogen (secondary N) is 1. The van der Waals surface area contributed by atoms with Crippen LogP contribution in [0.2, 0.25) is 15.1 Å². The summed E-state index contributed by atoms with van der Waals surface area (Å²) in [5.41, 5.74) is 0.735. The van der Waals surface area contributed by atoms with Gasteiger partial charge in [0.15, 0.2) is 0 Å². The van der Waals surface area contributed by atoms with Gasteiger partial charge in [-0.05, 0) is 30.5 Å². The van der Waals surface area contributed by atoms with E-state index in [0.29, 0.717) is 21.6 Å². The normalized spacial score (nSPS) is 10.7. The van der Waals surface area contributed by atoms with Gasteiger partial charge in [0.2, 0.25) is 0 Å². The minimum Gasteiger partial charge on any atom is -0.463 e. The molecule has 1 N–H and O–H groups in total. The summed E-state index contributed by atoms with van der Waals surface area (Å²) in [6, 6.07) is 7.25. The monoisotopic (exact) mass is 335 g/mol. The highest BCUT2D eigenvalue weighted by Gasteiger charge is 2.07. The summed E-state index contributed by atoms with van der Waals surface area (Å²) >= 11 is 19.6. The van der Waals surface area contributed by atoms with Crippen LogP contribution in [-0.4, -0.2) is 6.26 Å². The Morgan fingerprint density at radius 2 is 1.74 bits per heavy atom. The van der Waals surface area contributed by atoms with Crippen molar-refractivity contribution in [2.24, 2.45) is 0 Å². The van der Waals surface area contributed by atoms with Crippen LogP contribution in [0.1, 0.15) is 11.5 Å². The first-order chi connectivity index (χ1) is 9.10. The van der Waals surface area contributed by atoms with Crippen molar-refractivity contribution in [3.05, 3.63) is 50.9 Å². The van der Waals surface area contributed by atoms with Gasteiger partial charge in [-0.25, -0.2) is 0 Å². The number of benzene rings is 1. The van der Waals surface area contributed by atoms with E-state index < -0.39 is 0 Å². The molecule has 0 atom stereocenters. The van der Waals surface area contributed by atoms with Crippen LogP contribution in [0.25, 0.3) is 0 Å². The molecule has 0 aliphatic heterocycles. The standard InChI is InChI=1S/C13H12Cl3NOS/c1-19-7-9-3-2-8(18-9)6-17-13-5-11(15)10(14)4-12(13)16/h2-5,17H,6-7H2,1H3. The number of furan rings is 1. The largest absolute Gasteiger partial charge is 0.463 e. The third-order valence-corrected chi connectivity index (χ3v) is 4.07. The first-order valence-corrected chi connectivity index (χ1v) is 8.08. The maximum atomic E-state index is 6.08. The third kappa shape index (κ3) is 3.99. The summed E-state index contributed by atoms with van der Waals surface area (Å²) in [5, 5.41) is 4.62.